The van der Waals surface area contributed by atoms with Crippen molar-refractivity contribution in [2.75, 3.05) is 30.4 Å². The highest BCUT2D eigenvalue weighted by molar-refractivity contribution is 5.42. The third-order valence-electron chi connectivity index (χ3n) is 3.54. The zero-order valence-corrected chi connectivity index (χ0v) is 10.4. The molecule has 2 aliphatic rings. The Hall–Kier alpha value is -1.32. The van der Waals surface area contributed by atoms with Crippen LogP contribution in [-0.2, 0) is 0 Å². The highest BCUT2D eigenvalue weighted by atomic mass is 15.2. The SMILES string of the molecule is CNc1nccc(N(CC2CC2)CC2CC2)n1. The molecular formula is C13H20N4. The summed E-state index contributed by atoms with van der Waals surface area (Å²) in [7, 11) is 1.87. The first-order valence-electron chi connectivity index (χ1n) is 6.61. The average molecular weight is 232 g/mol. The third kappa shape index (κ3) is 2.87. The molecule has 1 N–H and O–H groups in total. The van der Waals surface area contributed by atoms with Crippen LogP contribution in [0.15, 0.2) is 12.3 Å². The normalized spacial score (nSPS) is 19.1. The van der Waals surface area contributed by atoms with Crippen LogP contribution in [0.3, 0.4) is 0 Å². The van der Waals surface area contributed by atoms with Gasteiger partial charge < -0.3 is 10.2 Å². The van der Waals surface area contributed by atoms with E-state index in [-0.39, 0.29) is 0 Å². The van der Waals surface area contributed by atoms with E-state index in [1.165, 1.54) is 38.8 Å². The van der Waals surface area contributed by atoms with Gasteiger partial charge in [0, 0.05) is 26.3 Å². The second kappa shape index (κ2) is 4.51. The Labute approximate surface area is 102 Å². The van der Waals surface area contributed by atoms with Crippen LogP contribution in [0.2, 0.25) is 0 Å². The van der Waals surface area contributed by atoms with Gasteiger partial charge in [-0.25, -0.2) is 4.98 Å². The van der Waals surface area contributed by atoms with Gasteiger partial charge in [-0.1, -0.05) is 0 Å². The van der Waals surface area contributed by atoms with E-state index in [0.29, 0.717) is 0 Å². The Morgan fingerprint density at radius 3 is 2.41 bits per heavy atom. The fourth-order valence-electron chi connectivity index (χ4n) is 2.13. The summed E-state index contributed by atoms with van der Waals surface area (Å²) >= 11 is 0. The van der Waals surface area contributed by atoms with E-state index in [4.69, 9.17) is 0 Å². The monoisotopic (exact) mass is 232 g/mol. The number of hydrogen-bond acceptors (Lipinski definition) is 4. The molecule has 1 aromatic rings. The first-order chi connectivity index (χ1) is 8.35. The van der Waals surface area contributed by atoms with Crippen molar-refractivity contribution in [1.82, 2.24) is 9.97 Å². The Balaban J connectivity index is 1.73. The molecular weight excluding hydrogens is 212 g/mol. The summed E-state index contributed by atoms with van der Waals surface area (Å²) in [4.78, 5) is 11.2. The molecule has 2 saturated carbocycles. The van der Waals surface area contributed by atoms with Crippen molar-refractivity contribution in [3.63, 3.8) is 0 Å². The van der Waals surface area contributed by atoms with Crippen molar-refractivity contribution >= 4 is 11.8 Å². The lowest BCUT2D eigenvalue weighted by molar-refractivity contribution is 0.671. The minimum absolute atomic E-state index is 0.721. The van der Waals surface area contributed by atoms with E-state index in [9.17, 15) is 0 Å². The topological polar surface area (TPSA) is 41.1 Å². The molecule has 0 aromatic carbocycles. The van der Waals surface area contributed by atoms with E-state index < -0.39 is 0 Å². The smallest absolute Gasteiger partial charge is 0.224 e. The molecule has 4 nitrogen and oxygen atoms in total. The molecule has 0 unspecified atom stereocenters. The van der Waals surface area contributed by atoms with Crippen LogP contribution in [0, 0.1) is 11.8 Å². The van der Waals surface area contributed by atoms with Crippen molar-refractivity contribution in [1.29, 1.82) is 0 Å². The van der Waals surface area contributed by atoms with Gasteiger partial charge in [0.2, 0.25) is 5.95 Å². The lowest BCUT2D eigenvalue weighted by Crippen LogP contribution is -2.29. The fraction of sp³-hybridized carbons (Fsp3) is 0.692. The highest BCUT2D eigenvalue weighted by Gasteiger charge is 2.29. The molecule has 0 radical (unpaired) electrons. The first kappa shape index (κ1) is 10.8. The van der Waals surface area contributed by atoms with E-state index in [1.807, 2.05) is 19.3 Å². The average Bonchev–Trinajstić information content (AvgIpc) is 3.23. The van der Waals surface area contributed by atoms with Crippen molar-refractivity contribution in [2.24, 2.45) is 11.8 Å². The summed E-state index contributed by atoms with van der Waals surface area (Å²) in [6.45, 7) is 2.35. The summed E-state index contributed by atoms with van der Waals surface area (Å²) in [5.74, 6) is 3.62. The van der Waals surface area contributed by atoms with Crippen molar-refractivity contribution < 1.29 is 0 Å². The van der Waals surface area contributed by atoms with Gasteiger partial charge in [-0.3, -0.25) is 0 Å². The molecule has 0 spiro atoms. The Morgan fingerprint density at radius 2 is 1.88 bits per heavy atom. The predicted molar refractivity (Wildman–Crippen MR) is 69.2 cm³/mol. The maximum absolute atomic E-state index is 4.56. The maximum atomic E-state index is 4.56. The molecule has 3 rings (SSSR count). The molecule has 1 aromatic heterocycles. The van der Waals surface area contributed by atoms with Gasteiger partial charge >= 0.3 is 0 Å². The Morgan fingerprint density at radius 1 is 1.24 bits per heavy atom. The molecule has 0 aliphatic heterocycles. The number of nitrogens with one attached hydrogen (secondary N) is 1. The van der Waals surface area contributed by atoms with Gasteiger partial charge in [-0.2, -0.15) is 4.98 Å². The number of aromatic nitrogens is 2. The number of anilines is 2. The summed E-state index contributed by atoms with van der Waals surface area (Å²) in [6.07, 6.45) is 7.42. The van der Waals surface area contributed by atoms with Gasteiger partial charge in [0.25, 0.3) is 0 Å². The molecule has 17 heavy (non-hydrogen) atoms. The van der Waals surface area contributed by atoms with Crippen molar-refractivity contribution in [3.05, 3.63) is 12.3 Å². The molecule has 0 saturated heterocycles. The van der Waals surface area contributed by atoms with Crippen LogP contribution in [0.5, 0.6) is 0 Å². The van der Waals surface area contributed by atoms with E-state index >= 15 is 0 Å². The Bertz CT molecular complexity index is 371. The van der Waals surface area contributed by atoms with Crippen LogP contribution in [0.1, 0.15) is 25.7 Å². The minimum Gasteiger partial charge on any atom is -0.357 e. The lowest BCUT2D eigenvalue weighted by Gasteiger charge is -2.23. The van der Waals surface area contributed by atoms with Crippen LogP contribution in [0.25, 0.3) is 0 Å². The summed E-state index contributed by atoms with van der Waals surface area (Å²) in [5.41, 5.74) is 0. The molecule has 0 bridgehead atoms. The van der Waals surface area contributed by atoms with Gasteiger partial charge in [-0.05, 0) is 43.6 Å². The summed E-state index contributed by atoms with van der Waals surface area (Å²) in [5, 5.41) is 3.01. The minimum atomic E-state index is 0.721. The van der Waals surface area contributed by atoms with Gasteiger partial charge in [0.1, 0.15) is 5.82 Å². The molecule has 1 heterocycles. The van der Waals surface area contributed by atoms with Gasteiger partial charge in [0.05, 0.1) is 0 Å². The zero-order valence-electron chi connectivity index (χ0n) is 10.4. The van der Waals surface area contributed by atoms with Crippen LogP contribution in [0.4, 0.5) is 11.8 Å². The number of nitrogens with zero attached hydrogens (tertiary/aromatic N) is 3. The van der Waals surface area contributed by atoms with Crippen molar-refractivity contribution in [2.45, 2.75) is 25.7 Å². The van der Waals surface area contributed by atoms with E-state index in [1.54, 1.807) is 0 Å². The highest BCUT2D eigenvalue weighted by Crippen LogP contribution is 2.35. The largest absolute Gasteiger partial charge is 0.357 e. The van der Waals surface area contributed by atoms with Gasteiger partial charge in [-0.15, -0.1) is 0 Å². The Kier molecular flexibility index (Phi) is 2.87. The first-order valence-corrected chi connectivity index (χ1v) is 6.61. The molecule has 0 atom stereocenters. The number of rotatable bonds is 6. The molecule has 0 amide bonds. The molecule has 2 aliphatic carbocycles. The van der Waals surface area contributed by atoms with Gasteiger partial charge in [0.15, 0.2) is 0 Å². The lowest BCUT2D eigenvalue weighted by atomic mass is 10.3. The second-order valence-electron chi connectivity index (χ2n) is 5.28. The van der Waals surface area contributed by atoms with Crippen LogP contribution >= 0.6 is 0 Å². The number of hydrogen-bond donors (Lipinski definition) is 1. The van der Waals surface area contributed by atoms with Crippen LogP contribution < -0.4 is 10.2 Å². The second-order valence-corrected chi connectivity index (χ2v) is 5.28. The summed E-state index contributed by atoms with van der Waals surface area (Å²) < 4.78 is 0. The molecule has 92 valence electrons. The van der Waals surface area contributed by atoms with E-state index in [2.05, 4.69) is 20.2 Å². The quantitative estimate of drug-likeness (QED) is 0.816. The molecule has 4 heteroatoms. The van der Waals surface area contributed by atoms with Crippen LogP contribution in [-0.4, -0.2) is 30.1 Å². The summed E-state index contributed by atoms with van der Waals surface area (Å²) in [6, 6.07) is 2.03. The predicted octanol–water partition coefficient (Wildman–Crippen LogP) is 2.14. The third-order valence-corrected chi connectivity index (χ3v) is 3.54. The van der Waals surface area contributed by atoms with E-state index in [0.717, 1.165) is 23.6 Å². The zero-order chi connectivity index (χ0) is 11.7. The standard InChI is InChI=1S/C13H20N4/c1-14-13-15-7-6-12(16-13)17(8-10-2-3-10)9-11-4-5-11/h6-7,10-11H,2-5,8-9H2,1H3,(H,14,15,16). The maximum Gasteiger partial charge on any atom is 0.224 e. The molecule has 2 fully saturated rings. The van der Waals surface area contributed by atoms with Crippen molar-refractivity contribution in [3.8, 4) is 0 Å². The fourth-order valence-corrected chi connectivity index (χ4v) is 2.13.